The number of carboxylic acids is 2. The Balaban J connectivity index is 0.00000183. The van der Waals surface area contributed by atoms with Gasteiger partial charge in [-0.2, -0.15) is 24.0 Å². The average Bonchev–Trinajstić information content (AvgIpc) is 1.66. The van der Waals surface area contributed by atoms with Gasteiger partial charge in [0, 0.05) is 0 Å². The molecule has 0 radical (unpaired) electrons. The summed E-state index contributed by atoms with van der Waals surface area (Å²) in [5.41, 5.74) is 29.8. The van der Waals surface area contributed by atoms with Crippen molar-refractivity contribution in [2.75, 3.05) is 99.1 Å². The number of nitrogens with one attached hydrogen (secondary N) is 3. The molecule has 0 unspecified atom stereocenters. The number of carbonyl (C=O) groups is 2. The van der Waals surface area contributed by atoms with Crippen LogP contribution in [0.1, 0.15) is 382 Å². The number of allylic oxidation sites excluding steroid dienone is 3. The molecule has 0 aromatic rings. The van der Waals surface area contributed by atoms with Crippen LogP contribution in [-0.2, 0) is 99.1 Å². The van der Waals surface area contributed by atoms with E-state index >= 15 is 0 Å². The van der Waals surface area contributed by atoms with Crippen LogP contribution in [0.4, 0.5) is 4.70 Å². The van der Waals surface area contributed by atoms with Crippen molar-refractivity contribution in [3.63, 3.8) is 0 Å². The van der Waals surface area contributed by atoms with Gasteiger partial charge < -0.3 is 104 Å². The van der Waals surface area contributed by atoms with Crippen molar-refractivity contribution in [2.45, 2.75) is 418 Å². The second kappa shape index (κ2) is 67.4. The molecular formula is C114H208FLiN3O18Pt2-. The first-order chi connectivity index (χ1) is 61.7. The molecule has 14 rings (SSSR count). The molecule has 0 saturated heterocycles. The molecule has 12 N–H and O–H groups in total. The van der Waals surface area contributed by atoms with Crippen LogP contribution < -0.4 is 18.9 Å². The number of hydrogen-bond donors (Lipinski definition) is 2. The van der Waals surface area contributed by atoms with E-state index in [2.05, 4.69) is 129 Å². The van der Waals surface area contributed by atoms with Crippen LogP contribution in [0.5, 0.6) is 0 Å². The molecule has 0 bridgehead atoms. The number of aliphatic carboxylic acids is 2. The second-order valence-electron chi connectivity index (χ2n) is 47.2. The molecule has 14 aliphatic carbocycles. The molecule has 0 amide bonds. The van der Waals surface area contributed by atoms with Gasteiger partial charge in [0.15, 0.2) is 0 Å². The molecule has 139 heavy (non-hydrogen) atoms. The molecule has 0 aromatic heterocycles. The van der Waals surface area contributed by atoms with Crippen molar-refractivity contribution in [3.8, 4) is 0 Å². The first-order valence-corrected chi connectivity index (χ1v) is 53.8. The molecule has 0 spiro atoms. The van der Waals surface area contributed by atoms with Gasteiger partial charge in [0.25, 0.3) is 0 Å². The zero-order valence-electron chi connectivity index (χ0n) is 88.8. The number of rotatable bonds is 42. The fourth-order valence-corrected chi connectivity index (χ4v) is 30.6. The largest absolute Gasteiger partial charge is 2.00 e. The molecule has 11 saturated carbocycles. The summed E-state index contributed by atoms with van der Waals surface area (Å²) in [5.74, 6) is 14.4. The van der Waals surface area contributed by atoms with E-state index in [9.17, 15) is 14.4 Å². The summed E-state index contributed by atoms with van der Waals surface area (Å²) in [4.78, 5) is 31.1. The molecule has 28 atom stereocenters. The van der Waals surface area contributed by atoms with E-state index in [0.29, 0.717) is 136 Å². The smallest absolute Gasteiger partial charge is 0.870 e. The zero-order valence-corrected chi connectivity index (χ0v) is 93.3. The van der Waals surface area contributed by atoms with E-state index in [-0.39, 0.29) is 140 Å². The summed E-state index contributed by atoms with van der Waals surface area (Å²) in [6.45, 7) is 47.0. The predicted molar refractivity (Wildman–Crippen MR) is 553 cm³/mol. The Labute approximate surface area is 888 Å². The standard InChI is InChI=1S/2C33H56O5.C33H55O4.C7H13N.C6H12N2.2CH4.FH.Li.4H2O.2Pt/c2*1-23(2)7-6-8-24(3)28-11-12-29-27-10-9-25-21-26(38-20-19-36-17-18-37-22-31(34)35)13-15-32(25,4)30(27)14-16-33(28,29)5;1-24(2)7-6-8-25(3)29-11-12-30-28-10-9-26-23-27(37-22-21-36-20-19-35-18-17-34)13-15-32(26,4)31(28)14-16-33(29,30)5;1-6-4-2-3-5-7(6)8;7-5-3-1-2-4-6(5)8;;;;;;;;;;/h2*9,23-24,26-30H,6-8,10-22H2,1-5H3,(H,34,35);9,24-25,27-31H,6-8,10-16,18-23H2,1-5H3;6-8H,1-5H2;5-8H,1-4H2;2*1H4;1H;;4*1H2;;/q;;-1;2*-2;;;;+1;;;;;2*+2/p-1/t2*24-,26+,27+,28-,29+,30+,32+,33-;25-,27+,28+,29-,30+,31+,32+,33-;6-,7-;5-,6-;;;;;;;;;;/m11111........../s1. The third-order valence-corrected chi connectivity index (χ3v) is 37.9. The molecule has 11 fully saturated rings. The Hall–Kier alpha value is -0.906. The molecule has 0 aliphatic heterocycles. The summed E-state index contributed by atoms with van der Waals surface area (Å²) >= 11 is 0. The van der Waals surface area contributed by atoms with Gasteiger partial charge in [-0.3, -0.25) is 4.70 Å². The van der Waals surface area contributed by atoms with Crippen molar-refractivity contribution in [3.05, 3.63) is 59.1 Å². The number of ether oxygens (including phenoxy) is 9. The van der Waals surface area contributed by atoms with E-state index < -0.39 is 11.9 Å². The first-order valence-electron chi connectivity index (χ1n) is 53.8. The summed E-state index contributed by atoms with van der Waals surface area (Å²) in [7, 11) is 0. The van der Waals surface area contributed by atoms with Gasteiger partial charge in [0.2, 0.25) is 0 Å². The molecule has 14 aliphatic rings. The van der Waals surface area contributed by atoms with E-state index in [0.717, 1.165) is 158 Å². The van der Waals surface area contributed by atoms with Crippen molar-refractivity contribution >= 4 is 18.2 Å². The molecule has 816 valence electrons. The van der Waals surface area contributed by atoms with Gasteiger partial charge in [-0.25, -0.2) is 15.9 Å². The third kappa shape index (κ3) is 37.9. The normalized spacial score (nSPS) is 35.1. The Morgan fingerprint density at radius 2 is 0.662 bits per heavy atom. The fraction of sp³-hybridized carbons (Fsp3) is 0.912. The quantitative estimate of drug-likeness (QED) is 0.0248. The van der Waals surface area contributed by atoms with Crippen molar-refractivity contribution in [1.82, 2.24) is 0 Å². The Morgan fingerprint density at radius 3 is 0.921 bits per heavy atom. The van der Waals surface area contributed by atoms with Crippen LogP contribution in [-0.4, -0.2) is 186 Å². The van der Waals surface area contributed by atoms with Gasteiger partial charge in [-0.1, -0.05) is 263 Å². The molecule has 25 heteroatoms. The average molecular weight is 2330 g/mol. The van der Waals surface area contributed by atoms with Crippen molar-refractivity contribution < 1.29 is 155 Å². The van der Waals surface area contributed by atoms with Crippen LogP contribution in [0.2, 0.25) is 0 Å². The maximum Gasteiger partial charge on any atom is 2.00 e. The predicted octanol–water partition coefficient (Wildman–Crippen LogP) is 23.2. The molecule has 0 aromatic carbocycles. The zero-order chi connectivity index (χ0) is 93.1. The van der Waals surface area contributed by atoms with Crippen LogP contribution in [0.15, 0.2) is 34.9 Å². The Morgan fingerprint density at radius 1 is 0.388 bits per heavy atom. The minimum absolute atomic E-state index is 0. The van der Waals surface area contributed by atoms with Gasteiger partial charge in [-0.15, -0.1) is 0 Å². The van der Waals surface area contributed by atoms with Crippen molar-refractivity contribution in [1.29, 1.82) is 0 Å². The van der Waals surface area contributed by atoms with Crippen LogP contribution >= 0.6 is 0 Å². The number of hydrogen-bond acceptors (Lipinski definition) is 13. The maximum absolute atomic E-state index is 10.5. The van der Waals surface area contributed by atoms with Gasteiger partial charge >= 0.3 is 72.9 Å². The summed E-state index contributed by atoms with van der Waals surface area (Å²) in [6.07, 6.45) is 64.1. The number of fused-ring (bicyclic) bond motifs is 15. The SMILES string of the molecule is C.C.CC(C)CCC[C@@H](C)[C@H]1CC[C@H]2[C@@H]3CC=C4C[C@@H](OCCOCCOCC(=O)O)CC[C@]4(C)[C@H]3CC[C@]12C.CC(C)CCC[C@@H](C)[C@H]1CC[C@H]2[C@@H]3CC=C4C[C@@H](OCCOCCOCC(=O)O)CC[C@]4(C)[C@H]3CC[C@]12C.CC(C)CCC[C@@H](C)[C@H]1CC[C@H]2[C@@H]3CC=C4C[C@@H](OCCOCCOC[C-]=O)CC[C@]4(C)[C@H]3CC[C@]12C.F.O.O.O.[CH2-][C@@H]1CCCC[C@H]1[NH-].[Li+].[NH-][C@@H]1CCCC[C@H]1[NH-].[OH-].[Pt+2].[Pt+2]. The Bertz CT molecular complexity index is 3250. The summed E-state index contributed by atoms with van der Waals surface area (Å²) in [6, 6.07) is -0.0174. The van der Waals surface area contributed by atoms with Gasteiger partial charge in [-0.05, 0) is 300 Å². The second-order valence-corrected chi connectivity index (χ2v) is 47.2. The Kier molecular flexibility index (Phi) is 67.0. The monoisotopic (exact) mass is 2320 g/mol. The summed E-state index contributed by atoms with van der Waals surface area (Å²) in [5, 5.41) is 17.2. The van der Waals surface area contributed by atoms with E-state index in [1.165, 1.54) is 212 Å². The van der Waals surface area contributed by atoms with Gasteiger partial charge in [0.1, 0.15) is 13.2 Å². The number of carbonyl (C=O) groups excluding carboxylic acids is 1. The van der Waals surface area contributed by atoms with Crippen LogP contribution in [0.3, 0.4) is 0 Å². The maximum atomic E-state index is 10.5. The fourth-order valence-electron chi connectivity index (χ4n) is 30.6. The van der Waals surface area contributed by atoms with Crippen molar-refractivity contribution in [2.24, 2.45) is 145 Å². The summed E-state index contributed by atoms with van der Waals surface area (Å²) < 4.78 is 50.5. The first kappa shape index (κ1) is 138. The molecule has 0 heterocycles. The molecule has 21 nitrogen and oxygen atoms in total. The van der Waals surface area contributed by atoms with Crippen LogP contribution in [0.25, 0.3) is 17.2 Å². The third-order valence-electron chi connectivity index (χ3n) is 37.9. The number of carboxylic acid groups (broad SMARTS) is 2. The van der Waals surface area contributed by atoms with Gasteiger partial charge in [0.05, 0.1) is 97.6 Å². The van der Waals surface area contributed by atoms with E-state index in [1.54, 1.807) is 23.0 Å². The number of halogens is 1. The van der Waals surface area contributed by atoms with Crippen LogP contribution in [0, 0.1) is 152 Å². The van der Waals surface area contributed by atoms with E-state index in [4.69, 9.17) is 70.0 Å². The molecular weight excluding hydrogens is 2120 g/mol. The van der Waals surface area contributed by atoms with E-state index in [1.807, 2.05) is 0 Å². The minimum Gasteiger partial charge on any atom is -0.870 e. The topological polar surface area (TPSA) is 371 Å². The minimum atomic E-state index is -0.947.